The highest BCUT2D eigenvalue weighted by molar-refractivity contribution is 5.92. The van der Waals surface area contributed by atoms with E-state index in [2.05, 4.69) is 4.98 Å². The number of nitrogens with one attached hydrogen (secondary N) is 1. The molecule has 2 aromatic carbocycles. The maximum absolute atomic E-state index is 13.5. The summed E-state index contributed by atoms with van der Waals surface area (Å²) in [6.07, 6.45) is 2.04. The van der Waals surface area contributed by atoms with E-state index in [1.54, 1.807) is 43.4 Å². The van der Waals surface area contributed by atoms with E-state index >= 15 is 0 Å². The summed E-state index contributed by atoms with van der Waals surface area (Å²) in [6, 6.07) is 11.7. The lowest BCUT2D eigenvalue weighted by atomic mass is 9.87. The first-order chi connectivity index (χ1) is 17.1. The van der Waals surface area contributed by atoms with Crippen molar-refractivity contribution in [3.05, 3.63) is 81.5 Å². The molecule has 9 heteroatoms. The van der Waals surface area contributed by atoms with Crippen molar-refractivity contribution in [2.45, 2.75) is 12.5 Å². The smallest absolute Gasteiger partial charge is 0.290 e. The van der Waals surface area contributed by atoms with Gasteiger partial charge in [-0.2, -0.15) is 0 Å². The van der Waals surface area contributed by atoms with Crippen LogP contribution in [0.1, 0.15) is 33.3 Å². The normalized spacial score (nSPS) is 16.3. The van der Waals surface area contributed by atoms with Crippen LogP contribution in [0, 0.1) is 0 Å². The summed E-state index contributed by atoms with van der Waals surface area (Å²) in [4.78, 5) is 31.5. The largest absolute Gasteiger partial charge is 0.493 e. The van der Waals surface area contributed by atoms with Crippen LogP contribution in [0.5, 0.6) is 23.0 Å². The zero-order valence-corrected chi connectivity index (χ0v) is 19.1. The third kappa shape index (κ3) is 3.39. The Morgan fingerprint density at radius 3 is 2.54 bits per heavy atom. The summed E-state index contributed by atoms with van der Waals surface area (Å²) < 4.78 is 27.4. The number of hydrogen-bond donors (Lipinski definition) is 1. The molecule has 6 rings (SSSR count). The van der Waals surface area contributed by atoms with Crippen LogP contribution in [0.3, 0.4) is 0 Å². The van der Waals surface area contributed by atoms with E-state index in [1.807, 2.05) is 18.2 Å². The number of methoxy groups -OCH3 is 2. The molecule has 0 fully saturated rings. The van der Waals surface area contributed by atoms with Gasteiger partial charge >= 0.3 is 0 Å². The number of pyridine rings is 1. The van der Waals surface area contributed by atoms with Gasteiger partial charge in [-0.3, -0.25) is 9.59 Å². The Bertz CT molecular complexity index is 1510. The van der Waals surface area contributed by atoms with Crippen molar-refractivity contribution < 1.29 is 28.2 Å². The molecule has 2 aliphatic heterocycles. The molecule has 4 heterocycles. The number of hydrogen-bond acceptors (Lipinski definition) is 7. The van der Waals surface area contributed by atoms with Crippen molar-refractivity contribution in [1.82, 2.24) is 9.88 Å². The monoisotopic (exact) mass is 474 g/mol. The van der Waals surface area contributed by atoms with Crippen LogP contribution in [-0.4, -0.2) is 43.3 Å². The molecule has 1 amide bonds. The minimum Gasteiger partial charge on any atom is -0.493 e. The topological polar surface area (TPSA) is 103 Å². The molecule has 0 bridgehead atoms. The number of carbonyl (C=O) groups excluding carboxylic acids is 1. The molecule has 2 aliphatic rings. The first kappa shape index (κ1) is 21.2. The summed E-state index contributed by atoms with van der Waals surface area (Å²) in [5, 5.41) is 0.766. The number of carbonyl (C=O) groups is 1. The van der Waals surface area contributed by atoms with Crippen molar-refractivity contribution in [3.63, 3.8) is 0 Å². The maximum Gasteiger partial charge on any atom is 0.290 e. The van der Waals surface area contributed by atoms with E-state index < -0.39 is 6.04 Å². The second-order valence-electron chi connectivity index (χ2n) is 8.38. The third-order valence-electron chi connectivity index (χ3n) is 6.53. The molecule has 0 spiro atoms. The van der Waals surface area contributed by atoms with E-state index in [-0.39, 0.29) is 24.0 Å². The summed E-state index contributed by atoms with van der Waals surface area (Å²) in [5.74, 6) is 2.20. The molecular weight excluding hydrogens is 452 g/mol. The van der Waals surface area contributed by atoms with Gasteiger partial charge in [-0.05, 0) is 53.9 Å². The second kappa shape index (κ2) is 8.12. The number of furan rings is 1. The summed E-state index contributed by atoms with van der Waals surface area (Å²) in [6.45, 7) is 0.525. The second-order valence-corrected chi connectivity index (χ2v) is 8.38. The Kier molecular flexibility index (Phi) is 4.91. The number of H-pyrrole nitrogens is 1. The van der Waals surface area contributed by atoms with Gasteiger partial charge in [0.2, 0.25) is 6.79 Å². The molecule has 1 atom stereocenters. The molecule has 0 unspecified atom stereocenters. The molecule has 4 aromatic rings. The number of aromatic nitrogens is 1. The highest BCUT2D eigenvalue weighted by Crippen LogP contribution is 2.42. The van der Waals surface area contributed by atoms with E-state index in [0.29, 0.717) is 47.0 Å². The van der Waals surface area contributed by atoms with Gasteiger partial charge in [0.05, 0.1) is 32.0 Å². The number of rotatable bonds is 4. The molecule has 0 aliphatic carbocycles. The summed E-state index contributed by atoms with van der Waals surface area (Å²) >= 11 is 0. The molecule has 0 saturated heterocycles. The van der Waals surface area contributed by atoms with Gasteiger partial charge in [0.25, 0.3) is 11.5 Å². The van der Waals surface area contributed by atoms with Gasteiger partial charge < -0.3 is 33.2 Å². The lowest BCUT2D eigenvalue weighted by Crippen LogP contribution is -2.42. The zero-order valence-electron chi connectivity index (χ0n) is 19.1. The average Bonchev–Trinajstić information content (AvgIpc) is 3.57. The van der Waals surface area contributed by atoms with Crippen LogP contribution >= 0.6 is 0 Å². The van der Waals surface area contributed by atoms with Crippen LogP contribution in [0.4, 0.5) is 0 Å². The number of aromatic amines is 1. The highest BCUT2D eigenvalue weighted by atomic mass is 16.7. The van der Waals surface area contributed by atoms with Gasteiger partial charge in [0.15, 0.2) is 28.8 Å². The quantitative estimate of drug-likeness (QED) is 0.482. The fourth-order valence-electron chi connectivity index (χ4n) is 4.86. The molecule has 2 aromatic heterocycles. The lowest BCUT2D eigenvalue weighted by molar-refractivity contribution is 0.0660. The molecule has 178 valence electrons. The lowest BCUT2D eigenvalue weighted by Gasteiger charge is -2.37. The van der Waals surface area contributed by atoms with Crippen LogP contribution in [0.15, 0.2) is 57.9 Å². The molecule has 1 N–H and O–H groups in total. The fourth-order valence-corrected chi connectivity index (χ4v) is 4.86. The van der Waals surface area contributed by atoms with Crippen molar-refractivity contribution >= 4 is 16.8 Å². The predicted molar refractivity (Wildman–Crippen MR) is 126 cm³/mol. The first-order valence-electron chi connectivity index (χ1n) is 11.1. The van der Waals surface area contributed by atoms with E-state index in [0.717, 1.165) is 16.5 Å². The molecule has 35 heavy (non-hydrogen) atoms. The van der Waals surface area contributed by atoms with Crippen molar-refractivity contribution in [2.24, 2.45) is 0 Å². The van der Waals surface area contributed by atoms with Crippen LogP contribution in [-0.2, 0) is 6.42 Å². The Hall–Kier alpha value is -4.40. The molecule has 9 nitrogen and oxygen atoms in total. The van der Waals surface area contributed by atoms with Crippen LogP contribution < -0.4 is 24.5 Å². The van der Waals surface area contributed by atoms with Crippen molar-refractivity contribution in [1.29, 1.82) is 0 Å². The SMILES string of the molecule is COc1cc2c(cc1OC)[C@H](c1cc3cc4c(cc3[nH]c1=O)OCO4)N(C(=O)c1ccco1)CC2. The number of fused-ring (bicyclic) bond motifs is 3. The van der Waals surface area contributed by atoms with Gasteiger partial charge in [0, 0.05) is 23.6 Å². The minimum absolute atomic E-state index is 0.131. The predicted octanol–water partition coefficient (Wildman–Crippen LogP) is 3.65. The number of benzene rings is 2. The summed E-state index contributed by atoms with van der Waals surface area (Å²) in [5.41, 5.74) is 2.50. The minimum atomic E-state index is -0.672. The zero-order chi connectivity index (χ0) is 24.1. The molecule has 0 radical (unpaired) electrons. The highest BCUT2D eigenvalue weighted by Gasteiger charge is 2.36. The Balaban J connectivity index is 1.56. The Morgan fingerprint density at radius 1 is 1.03 bits per heavy atom. The standard InChI is InChI=1S/C26H22N2O7/c1-31-20-9-14-5-6-28(26(30)19-4-3-7-33-19)24(16(14)11-21(20)32-2)17-8-15-10-22-23(35-13-34-22)12-18(15)27-25(17)29/h3-4,7-12,24H,5-6,13H2,1-2H3,(H,27,29)/t24-/m1/s1. The number of nitrogens with zero attached hydrogens (tertiary/aromatic N) is 1. The fraction of sp³-hybridized carbons (Fsp3) is 0.231. The van der Waals surface area contributed by atoms with Gasteiger partial charge in [0.1, 0.15) is 0 Å². The van der Waals surface area contributed by atoms with Crippen LogP contribution in [0.2, 0.25) is 0 Å². The average molecular weight is 474 g/mol. The Labute approximate surface area is 199 Å². The first-order valence-corrected chi connectivity index (χ1v) is 11.1. The number of amides is 1. The maximum atomic E-state index is 13.5. The molecule has 0 saturated carbocycles. The summed E-state index contributed by atoms with van der Waals surface area (Å²) in [7, 11) is 3.13. The Morgan fingerprint density at radius 2 is 1.80 bits per heavy atom. The van der Waals surface area contributed by atoms with Crippen molar-refractivity contribution in [2.75, 3.05) is 27.6 Å². The van der Waals surface area contributed by atoms with Gasteiger partial charge in [-0.15, -0.1) is 0 Å². The van der Waals surface area contributed by atoms with E-state index in [9.17, 15) is 9.59 Å². The van der Waals surface area contributed by atoms with Gasteiger partial charge in [-0.25, -0.2) is 0 Å². The van der Waals surface area contributed by atoms with Gasteiger partial charge in [-0.1, -0.05) is 0 Å². The third-order valence-corrected chi connectivity index (χ3v) is 6.53. The van der Waals surface area contributed by atoms with E-state index in [1.165, 1.54) is 6.26 Å². The van der Waals surface area contributed by atoms with Crippen LogP contribution in [0.25, 0.3) is 10.9 Å². The van der Waals surface area contributed by atoms with E-state index in [4.69, 9.17) is 23.4 Å². The number of ether oxygens (including phenoxy) is 4. The van der Waals surface area contributed by atoms with Crippen molar-refractivity contribution in [3.8, 4) is 23.0 Å². The molecular formula is C26H22N2O7.